The van der Waals surface area contributed by atoms with Crippen LogP contribution in [0.3, 0.4) is 0 Å². The predicted octanol–water partition coefficient (Wildman–Crippen LogP) is 0.439. The van der Waals surface area contributed by atoms with Gasteiger partial charge in [0.1, 0.15) is 0 Å². The number of rotatable bonds is 4. The molecule has 1 aliphatic carbocycles. The smallest absolute Gasteiger partial charge is 0.377 e. The molecule has 0 amide bonds. The number of carboxylic acid groups (broad SMARTS) is 1. The lowest BCUT2D eigenvalue weighted by Crippen LogP contribution is -2.39. The van der Waals surface area contributed by atoms with Gasteiger partial charge in [-0.05, 0) is 30.0 Å². The number of aromatic nitrogens is 2. The molecule has 2 rings (SSSR count). The largest absolute Gasteiger partial charge is 0.475 e. The maximum absolute atomic E-state index is 10.5. The molecule has 6 nitrogen and oxygen atoms in total. The van der Waals surface area contributed by atoms with Gasteiger partial charge in [-0.25, -0.2) is 4.79 Å². The van der Waals surface area contributed by atoms with E-state index < -0.39 is 5.97 Å². The van der Waals surface area contributed by atoms with Crippen LogP contribution < -0.4 is 5.73 Å². The Morgan fingerprint density at radius 3 is 2.73 bits per heavy atom. The van der Waals surface area contributed by atoms with Crippen LogP contribution in [0.1, 0.15) is 35.8 Å². The summed E-state index contributed by atoms with van der Waals surface area (Å²) in [5, 5.41) is 12.0. The van der Waals surface area contributed by atoms with Gasteiger partial charge >= 0.3 is 5.97 Å². The number of nitrogens with zero attached hydrogens (tertiary/aromatic N) is 2. The predicted molar refractivity (Wildman–Crippen MR) is 50.3 cm³/mol. The van der Waals surface area contributed by atoms with Crippen molar-refractivity contribution >= 4 is 5.97 Å². The van der Waals surface area contributed by atoms with Gasteiger partial charge in [-0.1, -0.05) is 6.42 Å². The molecule has 0 radical (unpaired) electrons. The van der Waals surface area contributed by atoms with Gasteiger partial charge in [0.15, 0.2) is 0 Å². The molecule has 0 bridgehead atoms. The van der Waals surface area contributed by atoms with Crippen molar-refractivity contribution in [2.45, 2.75) is 25.7 Å². The Morgan fingerprint density at radius 2 is 2.33 bits per heavy atom. The summed E-state index contributed by atoms with van der Waals surface area (Å²) in [6, 6.07) is 0. The average Bonchev–Trinajstić information content (AvgIpc) is 2.59. The molecule has 0 atom stereocenters. The quantitative estimate of drug-likeness (QED) is 0.749. The minimum Gasteiger partial charge on any atom is -0.475 e. The molecule has 1 aliphatic rings. The topological polar surface area (TPSA) is 102 Å². The van der Waals surface area contributed by atoms with Crippen molar-refractivity contribution in [1.82, 2.24) is 10.1 Å². The molecule has 0 saturated heterocycles. The number of hydrogen-bond donors (Lipinski definition) is 2. The Morgan fingerprint density at radius 1 is 1.60 bits per heavy atom. The summed E-state index contributed by atoms with van der Waals surface area (Å²) in [5.74, 6) is -1.07. The third kappa shape index (κ3) is 1.85. The minimum absolute atomic E-state index is 0.0578. The van der Waals surface area contributed by atoms with Crippen molar-refractivity contribution < 1.29 is 14.4 Å². The molecular formula is C9H13N3O3. The third-order valence-corrected chi connectivity index (χ3v) is 3.03. The summed E-state index contributed by atoms with van der Waals surface area (Å²) in [7, 11) is 0. The van der Waals surface area contributed by atoms with Crippen LogP contribution in [0.5, 0.6) is 0 Å². The first kappa shape index (κ1) is 10.1. The van der Waals surface area contributed by atoms with E-state index in [1.165, 1.54) is 0 Å². The molecule has 1 aromatic heterocycles. The van der Waals surface area contributed by atoms with Crippen LogP contribution in [0.15, 0.2) is 4.52 Å². The summed E-state index contributed by atoms with van der Waals surface area (Å²) in [4.78, 5) is 14.3. The van der Waals surface area contributed by atoms with Gasteiger partial charge in [0.25, 0.3) is 5.82 Å². The molecule has 6 heteroatoms. The molecule has 0 unspecified atom stereocenters. The van der Waals surface area contributed by atoms with Gasteiger partial charge in [0, 0.05) is 6.42 Å². The summed E-state index contributed by atoms with van der Waals surface area (Å²) in [5.41, 5.74) is 5.73. The zero-order valence-electron chi connectivity index (χ0n) is 8.27. The monoisotopic (exact) mass is 211 g/mol. The average molecular weight is 211 g/mol. The number of carboxylic acids is 1. The number of nitrogens with two attached hydrogens (primary N) is 1. The number of aromatic carboxylic acids is 1. The van der Waals surface area contributed by atoms with E-state index in [1.54, 1.807) is 0 Å². The van der Waals surface area contributed by atoms with E-state index in [2.05, 4.69) is 10.1 Å². The highest BCUT2D eigenvalue weighted by molar-refractivity contribution is 5.82. The van der Waals surface area contributed by atoms with Gasteiger partial charge in [-0.3, -0.25) is 0 Å². The fourth-order valence-electron chi connectivity index (χ4n) is 1.86. The highest BCUT2D eigenvalue weighted by Crippen LogP contribution is 2.42. The van der Waals surface area contributed by atoms with E-state index in [-0.39, 0.29) is 11.2 Å². The zero-order chi connectivity index (χ0) is 10.9. The Kier molecular flexibility index (Phi) is 2.44. The Balaban J connectivity index is 2.07. The van der Waals surface area contributed by atoms with Crippen molar-refractivity contribution in [3.05, 3.63) is 11.7 Å². The molecule has 1 heterocycles. The zero-order valence-corrected chi connectivity index (χ0v) is 8.27. The van der Waals surface area contributed by atoms with Gasteiger partial charge in [-0.2, -0.15) is 4.98 Å². The highest BCUT2D eigenvalue weighted by atomic mass is 16.5. The second-order valence-electron chi connectivity index (χ2n) is 4.05. The molecule has 1 saturated carbocycles. The fourth-order valence-corrected chi connectivity index (χ4v) is 1.86. The van der Waals surface area contributed by atoms with Crippen LogP contribution in [0.25, 0.3) is 0 Å². The van der Waals surface area contributed by atoms with Crippen LogP contribution in [0.4, 0.5) is 0 Å². The molecule has 0 aromatic carbocycles. The van der Waals surface area contributed by atoms with E-state index in [0.717, 1.165) is 19.3 Å². The number of hydrogen-bond acceptors (Lipinski definition) is 5. The molecule has 3 N–H and O–H groups in total. The van der Waals surface area contributed by atoms with Crippen molar-refractivity contribution in [2.24, 2.45) is 11.1 Å². The molecule has 15 heavy (non-hydrogen) atoms. The molecular weight excluding hydrogens is 198 g/mol. The van der Waals surface area contributed by atoms with Crippen LogP contribution >= 0.6 is 0 Å². The lowest BCUT2D eigenvalue weighted by atomic mass is 9.67. The maximum Gasteiger partial charge on any atom is 0.377 e. The summed E-state index contributed by atoms with van der Waals surface area (Å²) >= 11 is 0. The maximum atomic E-state index is 10.5. The summed E-state index contributed by atoms with van der Waals surface area (Å²) < 4.78 is 4.86. The molecule has 1 aromatic rings. The Hall–Kier alpha value is -1.43. The fraction of sp³-hybridized carbons (Fsp3) is 0.667. The first-order chi connectivity index (χ1) is 7.15. The van der Waals surface area contributed by atoms with Crippen molar-refractivity contribution in [2.75, 3.05) is 6.54 Å². The first-order valence-electron chi connectivity index (χ1n) is 4.91. The van der Waals surface area contributed by atoms with E-state index in [4.69, 9.17) is 15.4 Å². The third-order valence-electron chi connectivity index (χ3n) is 3.03. The lowest BCUT2D eigenvalue weighted by molar-refractivity contribution is 0.0680. The first-order valence-corrected chi connectivity index (χ1v) is 4.91. The van der Waals surface area contributed by atoms with Crippen LogP contribution in [0, 0.1) is 5.41 Å². The Labute approximate surface area is 86.5 Å². The van der Waals surface area contributed by atoms with Gasteiger partial charge < -0.3 is 15.4 Å². The van der Waals surface area contributed by atoms with Gasteiger partial charge in [0.2, 0.25) is 5.89 Å². The Bertz CT molecular complexity index is 365. The summed E-state index contributed by atoms with van der Waals surface area (Å²) in [6.45, 7) is 0.581. The SMILES string of the molecule is NCC1(Cc2nc(C(=O)O)no2)CCC1. The van der Waals surface area contributed by atoms with E-state index in [9.17, 15) is 4.79 Å². The molecule has 0 spiro atoms. The lowest BCUT2D eigenvalue weighted by Gasteiger charge is -2.39. The molecule has 82 valence electrons. The normalized spacial score (nSPS) is 18.5. The number of carbonyl (C=O) groups is 1. The second-order valence-corrected chi connectivity index (χ2v) is 4.05. The van der Waals surface area contributed by atoms with Crippen molar-refractivity contribution in [3.8, 4) is 0 Å². The van der Waals surface area contributed by atoms with E-state index >= 15 is 0 Å². The van der Waals surface area contributed by atoms with Crippen LogP contribution in [-0.2, 0) is 6.42 Å². The van der Waals surface area contributed by atoms with Crippen molar-refractivity contribution in [1.29, 1.82) is 0 Å². The van der Waals surface area contributed by atoms with Crippen LogP contribution in [0.2, 0.25) is 0 Å². The standard InChI is InChI=1S/C9H13N3O3/c10-5-9(2-1-3-9)4-6-11-7(8(13)14)12-15-6/h1-5,10H2,(H,13,14). The van der Waals surface area contributed by atoms with Crippen LogP contribution in [-0.4, -0.2) is 27.8 Å². The highest BCUT2D eigenvalue weighted by Gasteiger charge is 2.37. The van der Waals surface area contributed by atoms with Gasteiger partial charge in [-0.15, -0.1) is 0 Å². The van der Waals surface area contributed by atoms with E-state index in [0.29, 0.717) is 18.9 Å². The molecule has 1 fully saturated rings. The van der Waals surface area contributed by atoms with Crippen molar-refractivity contribution in [3.63, 3.8) is 0 Å². The molecule has 0 aliphatic heterocycles. The van der Waals surface area contributed by atoms with Gasteiger partial charge in [0.05, 0.1) is 0 Å². The summed E-state index contributed by atoms with van der Waals surface area (Å²) in [6.07, 6.45) is 3.85. The second kappa shape index (κ2) is 3.62. The van der Waals surface area contributed by atoms with E-state index in [1.807, 2.05) is 0 Å². The minimum atomic E-state index is -1.17.